The number of halogens is 1. The van der Waals surface area contributed by atoms with E-state index in [1.165, 1.54) is 0 Å². The van der Waals surface area contributed by atoms with Crippen molar-refractivity contribution in [1.82, 2.24) is 0 Å². The first-order valence-electron chi connectivity index (χ1n) is 3.49. The first-order chi connectivity index (χ1) is 5.83. The molecule has 0 aromatic heterocycles. The average Bonchev–Trinajstić information content (AvgIpc) is 2.16. The molecule has 0 amide bonds. The predicted molar refractivity (Wildman–Crippen MR) is 50.7 cm³/mol. The summed E-state index contributed by atoms with van der Waals surface area (Å²) in [7, 11) is 4.72. The van der Waals surface area contributed by atoms with Crippen LogP contribution in [0.5, 0.6) is 17.2 Å². The maximum absolute atomic E-state index is 5.09. The Balaban J connectivity index is 0. The predicted octanol–water partition coefficient (Wildman–Crippen LogP) is -1.86. The molecule has 0 heterocycles. The summed E-state index contributed by atoms with van der Waals surface area (Å²) in [6.07, 6.45) is 0. The molecular formula is C9H11BrMgO3. The van der Waals surface area contributed by atoms with Crippen LogP contribution in [0.4, 0.5) is 0 Å². The Labute approximate surface area is 111 Å². The normalized spacial score (nSPS) is 7.93. The Morgan fingerprint density at radius 3 is 1.64 bits per heavy atom. The number of benzene rings is 1. The van der Waals surface area contributed by atoms with Gasteiger partial charge in [0.15, 0.2) is 0 Å². The van der Waals surface area contributed by atoms with Crippen molar-refractivity contribution in [3.63, 3.8) is 0 Å². The maximum Gasteiger partial charge on any atom is 2.00 e. The molecule has 0 spiro atoms. The number of ether oxygens (including phenoxy) is 3. The van der Waals surface area contributed by atoms with Gasteiger partial charge in [-0.2, -0.15) is 6.07 Å². The number of hydrogen-bond acceptors (Lipinski definition) is 3. The molecule has 0 fully saturated rings. The maximum atomic E-state index is 5.09. The van der Waals surface area contributed by atoms with E-state index in [-0.39, 0.29) is 40.0 Å². The summed E-state index contributed by atoms with van der Waals surface area (Å²) in [5.74, 6) is 1.84. The SMILES string of the molecule is COc1c[c-]cc(OC)c1OC.[Br-].[Mg+2]. The molecule has 1 aromatic rings. The molecule has 0 bridgehead atoms. The van der Waals surface area contributed by atoms with E-state index in [0.717, 1.165) is 0 Å². The molecule has 0 saturated carbocycles. The Morgan fingerprint density at radius 2 is 1.36 bits per heavy atom. The van der Waals surface area contributed by atoms with Crippen LogP contribution in [0.2, 0.25) is 0 Å². The second-order valence-electron chi connectivity index (χ2n) is 2.13. The van der Waals surface area contributed by atoms with E-state index in [0.29, 0.717) is 17.2 Å². The van der Waals surface area contributed by atoms with E-state index in [1.54, 1.807) is 33.5 Å². The van der Waals surface area contributed by atoms with Gasteiger partial charge in [0.1, 0.15) is 0 Å². The first-order valence-corrected chi connectivity index (χ1v) is 3.49. The number of rotatable bonds is 3. The van der Waals surface area contributed by atoms with Crippen molar-refractivity contribution in [3.8, 4) is 17.2 Å². The van der Waals surface area contributed by atoms with Crippen molar-refractivity contribution in [2.24, 2.45) is 0 Å². The van der Waals surface area contributed by atoms with Gasteiger partial charge in [-0.3, -0.25) is 0 Å². The summed E-state index contributed by atoms with van der Waals surface area (Å²) in [5, 5.41) is 0. The molecule has 0 saturated heterocycles. The van der Waals surface area contributed by atoms with Gasteiger partial charge in [-0.1, -0.05) is 0 Å². The zero-order valence-electron chi connectivity index (χ0n) is 8.46. The molecule has 0 aliphatic carbocycles. The molecule has 1 rings (SSSR count). The van der Waals surface area contributed by atoms with Crippen LogP contribution in [-0.4, -0.2) is 44.4 Å². The molecule has 1 aromatic carbocycles. The quantitative estimate of drug-likeness (QED) is 0.476. The third-order valence-corrected chi connectivity index (χ3v) is 1.52. The van der Waals surface area contributed by atoms with Crippen molar-refractivity contribution in [1.29, 1.82) is 0 Å². The molecule has 0 aliphatic rings. The molecule has 0 N–H and O–H groups in total. The van der Waals surface area contributed by atoms with Gasteiger partial charge in [0, 0.05) is 0 Å². The molecule has 14 heavy (non-hydrogen) atoms. The van der Waals surface area contributed by atoms with Crippen molar-refractivity contribution < 1.29 is 31.2 Å². The Kier molecular flexibility index (Phi) is 9.55. The summed E-state index contributed by atoms with van der Waals surface area (Å²) in [5.41, 5.74) is 0. The molecule has 0 aliphatic heterocycles. The van der Waals surface area contributed by atoms with E-state index >= 15 is 0 Å². The van der Waals surface area contributed by atoms with Crippen molar-refractivity contribution in [3.05, 3.63) is 18.2 Å². The molecular weight excluding hydrogens is 260 g/mol. The third kappa shape index (κ3) is 3.55. The van der Waals surface area contributed by atoms with Gasteiger partial charge in [-0.25, -0.2) is 0 Å². The van der Waals surface area contributed by atoms with E-state index in [9.17, 15) is 0 Å². The summed E-state index contributed by atoms with van der Waals surface area (Å²) >= 11 is 0. The molecule has 3 nitrogen and oxygen atoms in total. The summed E-state index contributed by atoms with van der Waals surface area (Å²) in [6, 6.07) is 6.27. The molecule has 0 atom stereocenters. The standard InChI is InChI=1S/C9H11O3.BrH.Mg/c1-10-7-5-4-6-8(11-2)9(7)12-3;;/h5-6H,1-3H3;1H;/q-1;;+2/p-1. The minimum atomic E-state index is 0. The zero-order chi connectivity index (χ0) is 8.97. The summed E-state index contributed by atoms with van der Waals surface area (Å²) in [4.78, 5) is 0. The van der Waals surface area contributed by atoms with Gasteiger partial charge >= 0.3 is 23.1 Å². The Hall–Kier alpha value is -0.134. The van der Waals surface area contributed by atoms with E-state index in [2.05, 4.69) is 6.07 Å². The Bertz CT molecular complexity index is 246. The van der Waals surface area contributed by atoms with Crippen molar-refractivity contribution in [2.45, 2.75) is 0 Å². The van der Waals surface area contributed by atoms with Crippen LogP contribution in [-0.2, 0) is 0 Å². The summed E-state index contributed by atoms with van der Waals surface area (Å²) in [6.45, 7) is 0. The molecule has 0 radical (unpaired) electrons. The van der Waals surface area contributed by atoms with Gasteiger partial charge in [0.25, 0.3) is 0 Å². The van der Waals surface area contributed by atoms with Crippen LogP contribution < -0.4 is 31.2 Å². The fraction of sp³-hybridized carbons (Fsp3) is 0.333. The van der Waals surface area contributed by atoms with Gasteiger partial charge in [-0.05, 0) is 0 Å². The van der Waals surface area contributed by atoms with E-state index in [1.807, 2.05) is 0 Å². The van der Waals surface area contributed by atoms with Crippen LogP contribution in [0, 0.1) is 6.07 Å². The van der Waals surface area contributed by atoms with Crippen molar-refractivity contribution >= 4 is 23.1 Å². The third-order valence-electron chi connectivity index (χ3n) is 1.52. The number of methoxy groups -OCH3 is 3. The number of hydrogen-bond donors (Lipinski definition) is 0. The van der Waals surface area contributed by atoms with Gasteiger partial charge in [0.05, 0.1) is 38.6 Å². The fourth-order valence-electron chi connectivity index (χ4n) is 0.950. The van der Waals surface area contributed by atoms with Crippen molar-refractivity contribution in [2.75, 3.05) is 21.3 Å². The second kappa shape index (κ2) is 8.20. The molecule has 5 heteroatoms. The van der Waals surface area contributed by atoms with Crippen LogP contribution in [0.25, 0.3) is 0 Å². The van der Waals surface area contributed by atoms with Gasteiger partial charge < -0.3 is 31.2 Å². The van der Waals surface area contributed by atoms with Gasteiger partial charge in [0.2, 0.25) is 0 Å². The second-order valence-corrected chi connectivity index (χ2v) is 2.13. The summed E-state index contributed by atoms with van der Waals surface area (Å²) < 4.78 is 15.2. The smallest absolute Gasteiger partial charge is 1.00 e. The molecule has 0 unspecified atom stereocenters. The first kappa shape index (κ1) is 16.3. The molecule has 74 valence electrons. The fourth-order valence-corrected chi connectivity index (χ4v) is 0.950. The van der Waals surface area contributed by atoms with Crippen LogP contribution in [0.1, 0.15) is 0 Å². The Morgan fingerprint density at radius 1 is 0.929 bits per heavy atom. The van der Waals surface area contributed by atoms with Crippen LogP contribution in [0.3, 0.4) is 0 Å². The minimum absolute atomic E-state index is 0. The van der Waals surface area contributed by atoms with Crippen LogP contribution in [0.15, 0.2) is 12.1 Å². The van der Waals surface area contributed by atoms with E-state index in [4.69, 9.17) is 14.2 Å². The van der Waals surface area contributed by atoms with E-state index < -0.39 is 0 Å². The largest absolute Gasteiger partial charge is 2.00 e. The van der Waals surface area contributed by atoms with Gasteiger partial charge in [-0.15, -0.1) is 12.1 Å². The van der Waals surface area contributed by atoms with Crippen LogP contribution >= 0.6 is 0 Å². The topological polar surface area (TPSA) is 27.7 Å². The zero-order valence-corrected chi connectivity index (χ0v) is 11.5. The minimum Gasteiger partial charge on any atom is -1.00 e. The average molecular weight is 271 g/mol. The monoisotopic (exact) mass is 270 g/mol.